The van der Waals surface area contributed by atoms with Gasteiger partial charge in [0.25, 0.3) is 11.8 Å². The zero-order valence-electron chi connectivity index (χ0n) is 19.2. The van der Waals surface area contributed by atoms with Gasteiger partial charge in [0, 0.05) is 24.8 Å². The van der Waals surface area contributed by atoms with Gasteiger partial charge in [0.2, 0.25) is 5.95 Å². The van der Waals surface area contributed by atoms with Crippen LogP contribution < -0.4 is 26.4 Å². The largest absolute Gasteiger partial charge is 0.507 e. The van der Waals surface area contributed by atoms with E-state index in [9.17, 15) is 24.2 Å². The monoisotopic (exact) mass is 496 g/mol. The molecule has 1 aromatic heterocycles. The molecule has 1 saturated heterocycles. The van der Waals surface area contributed by atoms with Crippen molar-refractivity contribution in [3.8, 4) is 11.5 Å². The number of carbonyl (C=O) groups excluding carboxylic acids is 2. The molecule has 0 spiro atoms. The number of anilines is 1. The average molecular weight is 496 g/mol. The van der Waals surface area contributed by atoms with Crippen molar-refractivity contribution in [3.05, 3.63) is 76.9 Å². The second-order valence-electron chi connectivity index (χ2n) is 8.16. The van der Waals surface area contributed by atoms with Gasteiger partial charge in [0.1, 0.15) is 17.5 Å². The molecule has 1 fully saturated rings. The summed E-state index contributed by atoms with van der Waals surface area (Å²) < 4.78 is 19.5. The number of nitrogen functional groups attached to an aromatic ring is 1. The molecule has 2 unspecified atom stereocenters. The van der Waals surface area contributed by atoms with Crippen LogP contribution in [0, 0.1) is 5.82 Å². The Morgan fingerprint density at radius 2 is 1.78 bits per heavy atom. The summed E-state index contributed by atoms with van der Waals surface area (Å²) in [5, 5.41) is 29.5. The number of nitrogens with one attached hydrogen (secondary N) is 3. The first-order valence-electron chi connectivity index (χ1n) is 11.0. The number of rotatable bonds is 7. The quantitative estimate of drug-likeness (QED) is 0.272. The van der Waals surface area contributed by atoms with Gasteiger partial charge in [-0.15, -0.1) is 0 Å². The molecule has 188 valence electrons. The van der Waals surface area contributed by atoms with Crippen LogP contribution in [0.25, 0.3) is 0 Å². The van der Waals surface area contributed by atoms with Gasteiger partial charge >= 0.3 is 0 Å². The molecule has 0 bridgehead atoms. The highest BCUT2D eigenvalue weighted by molar-refractivity contribution is 5.95. The number of halogens is 1. The molecule has 0 saturated carbocycles. The molecule has 2 heterocycles. The Labute approximate surface area is 205 Å². The number of hydrogen-bond donors (Lipinski definition) is 6. The van der Waals surface area contributed by atoms with Crippen LogP contribution in [0.15, 0.2) is 48.7 Å². The summed E-state index contributed by atoms with van der Waals surface area (Å²) in [7, 11) is 1.28. The number of aliphatic hydroxyl groups excluding tert-OH is 1. The van der Waals surface area contributed by atoms with Crippen molar-refractivity contribution in [2.45, 2.75) is 18.2 Å². The molecule has 7 N–H and O–H groups in total. The lowest BCUT2D eigenvalue weighted by Crippen LogP contribution is -2.51. The number of benzene rings is 2. The summed E-state index contributed by atoms with van der Waals surface area (Å²) in [6.07, 6.45) is -0.0970. The Balaban J connectivity index is 1.42. The third-order valence-electron chi connectivity index (χ3n) is 5.86. The first-order valence-corrected chi connectivity index (χ1v) is 11.0. The molecular formula is C24H25FN6O5. The molecule has 36 heavy (non-hydrogen) atoms. The van der Waals surface area contributed by atoms with Crippen LogP contribution in [-0.2, 0) is 0 Å². The second-order valence-corrected chi connectivity index (χ2v) is 8.16. The number of phenolic OH excluding ortho intramolecular Hbond substituents is 1. The van der Waals surface area contributed by atoms with Crippen LogP contribution in [0.2, 0.25) is 0 Å². The lowest BCUT2D eigenvalue weighted by atomic mass is 9.98. The van der Waals surface area contributed by atoms with Crippen molar-refractivity contribution in [1.82, 2.24) is 25.9 Å². The van der Waals surface area contributed by atoms with Crippen molar-refractivity contribution < 1.29 is 28.9 Å². The number of carbonyl (C=O) groups is 2. The fourth-order valence-electron chi connectivity index (χ4n) is 3.94. The normalized spacial score (nSPS) is 17.9. The topological polar surface area (TPSA) is 172 Å². The number of nitrogens with two attached hydrogens (primary N) is 1. The van der Waals surface area contributed by atoms with Crippen molar-refractivity contribution >= 4 is 17.8 Å². The predicted octanol–water partition coefficient (Wildman–Crippen LogP) is 0.494. The fraction of sp³-hybridized carbons (Fsp3) is 0.250. The maximum Gasteiger partial charge on any atom is 0.270 e. The smallest absolute Gasteiger partial charge is 0.270 e. The molecule has 1 aliphatic rings. The molecule has 2 aromatic carbocycles. The number of aromatic nitrogens is 2. The molecule has 4 rings (SSSR count). The van der Waals surface area contributed by atoms with Gasteiger partial charge in [0.05, 0.1) is 24.8 Å². The number of methoxy groups -OCH3 is 1. The molecule has 2 amide bonds. The van der Waals surface area contributed by atoms with Crippen LogP contribution in [0.3, 0.4) is 0 Å². The minimum atomic E-state index is -1.48. The predicted molar refractivity (Wildman–Crippen MR) is 127 cm³/mol. The summed E-state index contributed by atoms with van der Waals surface area (Å²) in [6, 6.07) is 9.01. The van der Waals surface area contributed by atoms with E-state index in [2.05, 4.69) is 25.9 Å². The van der Waals surface area contributed by atoms with Gasteiger partial charge < -0.3 is 36.6 Å². The van der Waals surface area contributed by atoms with Gasteiger partial charge in [0.15, 0.2) is 11.6 Å². The highest BCUT2D eigenvalue weighted by atomic mass is 19.1. The van der Waals surface area contributed by atoms with Crippen LogP contribution in [0.4, 0.5) is 10.3 Å². The van der Waals surface area contributed by atoms with E-state index in [1.165, 1.54) is 55.8 Å². The molecule has 12 heteroatoms. The van der Waals surface area contributed by atoms with E-state index in [4.69, 9.17) is 10.5 Å². The van der Waals surface area contributed by atoms with E-state index < -0.39 is 41.6 Å². The Bertz CT molecular complexity index is 1270. The van der Waals surface area contributed by atoms with Gasteiger partial charge in [-0.05, 0) is 35.9 Å². The van der Waals surface area contributed by atoms with Crippen LogP contribution in [-0.4, -0.2) is 64.3 Å². The van der Waals surface area contributed by atoms with Crippen molar-refractivity contribution in [3.63, 3.8) is 0 Å². The van der Waals surface area contributed by atoms with Gasteiger partial charge in [-0.2, -0.15) is 0 Å². The summed E-state index contributed by atoms with van der Waals surface area (Å²) in [5.41, 5.74) is 5.88. The molecule has 11 nitrogen and oxygen atoms in total. The Morgan fingerprint density at radius 1 is 1.11 bits per heavy atom. The zero-order valence-corrected chi connectivity index (χ0v) is 19.2. The maximum absolute atomic E-state index is 14.6. The first-order chi connectivity index (χ1) is 17.3. The fourth-order valence-corrected chi connectivity index (χ4v) is 3.94. The molecule has 1 aliphatic heterocycles. The van der Waals surface area contributed by atoms with Crippen molar-refractivity contribution in [1.29, 1.82) is 0 Å². The number of hydrogen-bond acceptors (Lipinski definition) is 9. The zero-order chi connectivity index (χ0) is 25.8. The molecular weight excluding hydrogens is 471 g/mol. The number of ether oxygens (including phenoxy) is 1. The standard InChI is InChI=1S/C24H25FN6O5/c1-36-18-7-6-17(32)19(20(18)25)21(33)12-2-4-13(5-3-12)22(34)29-15-10-27-11-16(15)30-23(35)14-8-9-28-24(26)31-14/h2-9,15-16,21,27,32-33H,10-11H2,1H3,(H,29,34)(H,30,35)(H2,26,28,31)/t15?,16-,21?/m1/s1. The minimum Gasteiger partial charge on any atom is -0.507 e. The summed E-state index contributed by atoms with van der Waals surface area (Å²) in [5.74, 6) is -2.27. The number of nitrogens with zero attached hydrogens (tertiary/aromatic N) is 2. The van der Waals surface area contributed by atoms with E-state index in [1.54, 1.807) is 0 Å². The van der Waals surface area contributed by atoms with Gasteiger partial charge in [-0.3, -0.25) is 9.59 Å². The van der Waals surface area contributed by atoms with Gasteiger partial charge in [-0.1, -0.05) is 12.1 Å². The average Bonchev–Trinajstić information content (AvgIpc) is 3.30. The highest BCUT2D eigenvalue weighted by Gasteiger charge is 2.30. The van der Waals surface area contributed by atoms with Crippen molar-refractivity contribution in [2.24, 2.45) is 0 Å². The first kappa shape index (κ1) is 24.8. The van der Waals surface area contributed by atoms with Crippen LogP contribution in [0.5, 0.6) is 11.5 Å². The minimum absolute atomic E-state index is 0.0185. The van der Waals surface area contributed by atoms with Crippen LogP contribution >= 0.6 is 0 Å². The van der Waals surface area contributed by atoms with Crippen molar-refractivity contribution in [2.75, 3.05) is 25.9 Å². The van der Waals surface area contributed by atoms with Crippen LogP contribution in [0.1, 0.15) is 38.1 Å². The summed E-state index contributed by atoms with van der Waals surface area (Å²) in [4.78, 5) is 33.0. The molecule has 0 radical (unpaired) electrons. The lowest BCUT2D eigenvalue weighted by Gasteiger charge is -2.21. The second kappa shape index (κ2) is 10.5. The molecule has 3 atom stereocenters. The third-order valence-corrected chi connectivity index (χ3v) is 5.86. The molecule has 3 aromatic rings. The highest BCUT2D eigenvalue weighted by Crippen LogP contribution is 2.35. The Hall–Kier alpha value is -4.29. The summed E-state index contributed by atoms with van der Waals surface area (Å²) >= 11 is 0. The molecule has 0 aliphatic carbocycles. The van der Waals surface area contributed by atoms with E-state index >= 15 is 0 Å². The lowest BCUT2D eigenvalue weighted by molar-refractivity contribution is 0.0894. The Morgan fingerprint density at radius 3 is 2.42 bits per heavy atom. The van der Waals surface area contributed by atoms with E-state index in [0.29, 0.717) is 18.7 Å². The SMILES string of the molecule is COc1ccc(O)c(C(O)c2ccc(C(=O)NC3CNC[C@H]3NC(=O)c3ccnc(N)n3)cc2)c1F. The number of amides is 2. The maximum atomic E-state index is 14.6. The number of aromatic hydroxyl groups is 1. The summed E-state index contributed by atoms with van der Waals surface area (Å²) in [6.45, 7) is 0.881. The third kappa shape index (κ3) is 5.19. The van der Waals surface area contributed by atoms with Gasteiger partial charge in [-0.25, -0.2) is 14.4 Å². The van der Waals surface area contributed by atoms with E-state index in [0.717, 1.165) is 0 Å². The Kier molecular flexibility index (Phi) is 7.27. The van der Waals surface area contributed by atoms with E-state index in [1.807, 2.05) is 0 Å². The van der Waals surface area contributed by atoms with E-state index in [-0.39, 0.29) is 28.5 Å². The number of phenols is 1. The number of aliphatic hydroxyl groups is 1.